The summed E-state index contributed by atoms with van der Waals surface area (Å²) in [6.07, 6.45) is -1.33. The zero-order valence-corrected chi connectivity index (χ0v) is 9.84. The summed E-state index contributed by atoms with van der Waals surface area (Å²) >= 11 is 1.27. The average Bonchev–Trinajstić information content (AvgIpc) is 2.78. The van der Waals surface area contributed by atoms with Gasteiger partial charge in [0.1, 0.15) is 6.04 Å². The van der Waals surface area contributed by atoms with Gasteiger partial charge in [-0.3, -0.25) is 4.79 Å². The normalized spacial score (nSPS) is 25.1. The van der Waals surface area contributed by atoms with Crippen molar-refractivity contribution >= 4 is 17.3 Å². The minimum absolute atomic E-state index is 0.000787. The Hall–Kier alpha value is -1.01. The number of piperidine rings is 1. The fraction of sp³-hybridized carbons (Fsp3) is 0.545. The quantitative estimate of drug-likeness (QED) is 0.879. The number of thiophene rings is 1. The first kappa shape index (κ1) is 12.4. The SMILES string of the molecule is O=C(O)C1CCC(c2cscc2C(F)F)CN1. The summed E-state index contributed by atoms with van der Waals surface area (Å²) in [7, 11) is 0. The van der Waals surface area contributed by atoms with Crippen LogP contribution in [0.5, 0.6) is 0 Å². The van der Waals surface area contributed by atoms with Crippen LogP contribution in [0.25, 0.3) is 0 Å². The van der Waals surface area contributed by atoms with Crippen LogP contribution in [0.2, 0.25) is 0 Å². The van der Waals surface area contributed by atoms with Crippen LogP contribution in [0.1, 0.15) is 36.3 Å². The fourth-order valence-corrected chi connectivity index (χ4v) is 3.09. The molecule has 0 aliphatic carbocycles. The van der Waals surface area contributed by atoms with Crippen LogP contribution >= 0.6 is 11.3 Å². The lowest BCUT2D eigenvalue weighted by Crippen LogP contribution is -2.43. The van der Waals surface area contributed by atoms with E-state index in [0.717, 1.165) is 0 Å². The van der Waals surface area contributed by atoms with E-state index in [1.54, 1.807) is 5.38 Å². The van der Waals surface area contributed by atoms with Crippen molar-refractivity contribution in [1.29, 1.82) is 0 Å². The number of carbonyl (C=O) groups is 1. The maximum Gasteiger partial charge on any atom is 0.320 e. The van der Waals surface area contributed by atoms with Crippen LogP contribution in [-0.2, 0) is 4.79 Å². The summed E-state index contributed by atoms with van der Waals surface area (Å²) in [4.78, 5) is 10.7. The van der Waals surface area contributed by atoms with Crippen molar-refractivity contribution in [1.82, 2.24) is 5.32 Å². The van der Waals surface area contributed by atoms with Gasteiger partial charge in [0, 0.05) is 12.1 Å². The Morgan fingerprint density at radius 2 is 2.24 bits per heavy atom. The van der Waals surface area contributed by atoms with E-state index >= 15 is 0 Å². The van der Waals surface area contributed by atoms with Crippen LogP contribution in [-0.4, -0.2) is 23.7 Å². The van der Waals surface area contributed by atoms with Crippen LogP contribution in [0.15, 0.2) is 10.8 Å². The first-order valence-corrected chi connectivity index (χ1v) is 6.34. The average molecular weight is 261 g/mol. The number of halogens is 2. The van der Waals surface area contributed by atoms with E-state index in [1.165, 1.54) is 16.7 Å². The summed E-state index contributed by atoms with van der Waals surface area (Å²) in [6, 6.07) is -0.542. The molecule has 2 heterocycles. The van der Waals surface area contributed by atoms with E-state index in [2.05, 4.69) is 5.32 Å². The Bertz CT molecular complexity index is 400. The van der Waals surface area contributed by atoms with Gasteiger partial charge in [-0.05, 0) is 35.1 Å². The Labute approximate surface area is 101 Å². The molecule has 1 aliphatic rings. The highest BCUT2D eigenvalue weighted by Crippen LogP contribution is 2.35. The number of rotatable bonds is 3. The summed E-state index contributed by atoms with van der Waals surface area (Å²) in [5.41, 5.74) is 0.761. The molecule has 0 aromatic carbocycles. The molecular weight excluding hydrogens is 248 g/mol. The van der Waals surface area contributed by atoms with Gasteiger partial charge in [-0.25, -0.2) is 8.78 Å². The molecule has 1 aromatic heterocycles. The van der Waals surface area contributed by atoms with Crippen LogP contribution in [0, 0.1) is 0 Å². The minimum Gasteiger partial charge on any atom is -0.480 e. The minimum atomic E-state index is -2.45. The third kappa shape index (κ3) is 2.63. The Balaban J connectivity index is 2.05. The molecule has 3 nitrogen and oxygen atoms in total. The molecule has 0 amide bonds. The first-order chi connectivity index (χ1) is 8.09. The summed E-state index contributed by atoms with van der Waals surface area (Å²) < 4.78 is 25.4. The van der Waals surface area contributed by atoms with E-state index in [-0.39, 0.29) is 11.5 Å². The van der Waals surface area contributed by atoms with Gasteiger partial charge in [-0.2, -0.15) is 11.3 Å². The lowest BCUT2D eigenvalue weighted by atomic mass is 9.88. The molecule has 2 N–H and O–H groups in total. The molecule has 2 rings (SSSR count). The van der Waals surface area contributed by atoms with E-state index < -0.39 is 18.4 Å². The number of nitrogens with one attached hydrogen (secondary N) is 1. The number of hydrogen-bond donors (Lipinski definition) is 2. The van der Waals surface area contributed by atoms with Crippen molar-refractivity contribution in [3.8, 4) is 0 Å². The summed E-state index contributed by atoms with van der Waals surface area (Å²) in [6.45, 7) is 0.452. The molecule has 1 saturated heterocycles. The van der Waals surface area contributed by atoms with Crippen molar-refractivity contribution < 1.29 is 18.7 Å². The van der Waals surface area contributed by atoms with E-state index in [0.29, 0.717) is 24.9 Å². The number of carboxylic acids is 1. The molecule has 6 heteroatoms. The smallest absolute Gasteiger partial charge is 0.320 e. The van der Waals surface area contributed by atoms with E-state index in [4.69, 9.17) is 5.11 Å². The largest absolute Gasteiger partial charge is 0.480 e. The molecule has 1 aromatic rings. The monoisotopic (exact) mass is 261 g/mol. The zero-order chi connectivity index (χ0) is 12.4. The van der Waals surface area contributed by atoms with Gasteiger partial charge in [-0.15, -0.1) is 0 Å². The van der Waals surface area contributed by atoms with Gasteiger partial charge < -0.3 is 10.4 Å². The molecule has 17 heavy (non-hydrogen) atoms. The van der Waals surface area contributed by atoms with E-state index in [1.807, 2.05) is 0 Å². The van der Waals surface area contributed by atoms with Crippen molar-refractivity contribution in [3.63, 3.8) is 0 Å². The van der Waals surface area contributed by atoms with Crippen molar-refractivity contribution in [3.05, 3.63) is 21.9 Å². The highest BCUT2D eigenvalue weighted by molar-refractivity contribution is 7.08. The molecular formula is C11H13F2NO2S. The molecule has 2 atom stereocenters. The standard InChI is InChI=1S/C11H13F2NO2S/c12-10(13)8-5-17-4-7(8)6-1-2-9(11(15)16)14-3-6/h4-6,9-10,14H,1-3H2,(H,15,16). The molecule has 0 saturated carbocycles. The van der Waals surface area contributed by atoms with Crippen LogP contribution < -0.4 is 5.32 Å². The van der Waals surface area contributed by atoms with Gasteiger partial charge >= 0.3 is 5.97 Å². The van der Waals surface area contributed by atoms with Gasteiger partial charge in [-0.1, -0.05) is 0 Å². The molecule has 1 fully saturated rings. The Morgan fingerprint density at radius 3 is 2.76 bits per heavy atom. The second-order valence-electron chi connectivity index (χ2n) is 4.16. The Morgan fingerprint density at radius 1 is 1.47 bits per heavy atom. The number of hydrogen-bond acceptors (Lipinski definition) is 3. The second kappa shape index (κ2) is 5.10. The zero-order valence-electron chi connectivity index (χ0n) is 9.03. The van der Waals surface area contributed by atoms with Crippen LogP contribution in [0.4, 0.5) is 8.78 Å². The lowest BCUT2D eigenvalue weighted by molar-refractivity contribution is -0.140. The first-order valence-electron chi connectivity index (χ1n) is 5.40. The van der Waals surface area contributed by atoms with Crippen molar-refractivity contribution in [2.24, 2.45) is 0 Å². The van der Waals surface area contributed by atoms with Gasteiger partial charge in [0.15, 0.2) is 0 Å². The predicted molar refractivity (Wildman–Crippen MR) is 60.7 cm³/mol. The molecule has 1 aliphatic heterocycles. The van der Waals surface area contributed by atoms with E-state index in [9.17, 15) is 13.6 Å². The van der Waals surface area contributed by atoms with Gasteiger partial charge in [0.2, 0.25) is 0 Å². The summed E-state index contributed by atoms with van der Waals surface area (Å²) in [5, 5.41) is 14.9. The Kier molecular flexibility index (Phi) is 3.73. The van der Waals surface area contributed by atoms with Crippen molar-refractivity contribution in [2.75, 3.05) is 6.54 Å². The maximum absolute atomic E-state index is 12.7. The highest BCUT2D eigenvalue weighted by atomic mass is 32.1. The van der Waals surface area contributed by atoms with Crippen molar-refractivity contribution in [2.45, 2.75) is 31.2 Å². The molecule has 0 spiro atoms. The molecule has 0 bridgehead atoms. The van der Waals surface area contributed by atoms with Gasteiger partial charge in [0.05, 0.1) is 0 Å². The molecule has 0 radical (unpaired) electrons. The third-order valence-electron chi connectivity index (χ3n) is 3.11. The number of carboxylic acid groups (broad SMARTS) is 1. The third-order valence-corrected chi connectivity index (χ3v) is 3.89. The summed E-state index contributed by atoms with van der Waals surface area (Å²) in [5.74, 6) is -0.872. The molecule has 94 valence electrons. The van der Waals surface area contributed by atoms with Crippen LogP contribution in [0.3, 0.4) is 0 Å². The number of aliphatic carboxylic acids is 1. The number of alkyl halides is 2. The predicted octanol–water partition coefficient (Wildman–Crippen LogP) is 2.61. The topological polar surface area (TPSA) is 49.3 Å². The lowest BCUT2D eigenvalue weighted by Gasteiger charge is -2.27. The van der Waals surface area contributed by atoms with Gasteiger partial charge in [0.25, 0.3) is 6.43 Å². The maximum atomic E-state index is 12.7. The second-order valence-corrected chi connectivity index (χ2v) is 4.90. The fourth-order valence-electron chi connectivity index (χ4n) is 2.16. The highest BCUT2D eigenvalue weighted by Gasteiger charge is 2.29. The molecule has 2 unspecified atom stereocenters.